The van der Waals surface area contributed by atoms with Crippen molar-refractivity contribution in [3.63, 3.8) is 0 Å². The van der Waals surface area contributed by atoms with Crippen molar-refractivity contribution in [2.45, 2.75) is 52.1 Å². The molecule has 2 aliphatic rings. The van der Waals surface area contributed by atoms with E-state index in [1.807, 2.05) is 0 Å². The van der Waals surface area contributed by atoms with Crippen LogP contribution in [0.2, 0.25) is 0 Å². The molecule has 0 saturated heterocycles. The van der Waals surface area contributed by atoms with Gasteiger partial charge in [-0.3, -0.25) is 19.1 Å². The number of rotatable bonds is 4. The Hall–Kier alpha value is -2.44. The second kappa shape index (κ2) is 6.37. The second-order valence-corrected chi connectivity index (χ2v) is 7.70. The minimum atomic E-state index is -0.516. The van der Waals surface area contributed by atoms with Crippen LogP contribution in [0, 0.1) is 17.8 Å². The van der Waals surface area contributed by atoms with Gasteiger partial charge < -0.3 is 5.32 Å². The summed E-state index contributed by atoms with van der Waals surface area (Å²) in [4.78, 5) is 43.1. The Morgan fingerprint density at radius 3 is 2.85 bits per heavy atom. The summed E-state index contributed by atoms with van der Waals surface area (Å²) in [6.07, 6.45) is 6.54. The van der Waals surface area contributed by atoms with Crippen molar-refractivity contribution in [1.29, 1.82) is 0 Å². The molecular formula is C19H24N4O3. The van der Waals surface area contributed by atoms with E-state index >= 15 is 0 Å². The Labute approximate surface area is 150 Å². The number of nitrogens with one attached hydrogen (secondary N) is 2. The van der Waals surface area contributed by atoms with Crippen LogP contribution in [0.4, 0.5) is 0 Å². The molecule has 4 atom stereocenters. The number of fused-ring (bicyclic) bond motifs is 3. The summed E-state index contributed by atoms with van der Waals surface area (Å²) in [5.74, 6) is 1.88. The second-order valence-electron chi connectivity index (χ2n) is 7.70. The third kappa shape index (κ3) is 2.75. The van der Waals surface area contributed by atoms with Crippen molar-refractivity contribution in [3.8, 4) is 0 Å². The molecule has 0 aliphatic heterocycles. The quantitative estimate of drug-likeness (QED) is 0.871. The maximum absolute atomic E-state index is 12.7. The first-order chi connectivity index (χ1) is 12.5. The Balaban J connectivity index is 1.59. The topological polar surface area (TPSA) is 96.9 Å². The standard InChI is InChI=1S/C19H24N4O3/c1-3-23-16-15(18(25)22-19(23)26)8-13(9-20-16)17(24)21-10(2)14-7-11-4-5-12(14)6-11/h8-12,14H,3-7H2,1-2H3,(H,21,24)(H,22,25,26). The zero-order valence-corrected chi connectivity index (χ0v) is 15.1. The van der Waals surface area contributed by atoms with Gasteiger partial charge in [0.05, 0.1) is 10.9 Å². The number of H-pyrrole nitrogens is 1. The number of hydrogen-bond donors (Lipinski definition) is 2. The molecular weight excluding hydrogens is 332 g/mol. The van der Waals surface area contributed by atoms with Gasteiger partial charge >= 0.3 is 5.69 Å². The summed E-state index contributed by atoms with van der Waals surface area (Å²) in [6, 6.07) is 1.63. The Morgan fingerprint density at radius 2 is 2.19 bits per heavy atom. The Bertz CT molecular complexity index is 977. The van der Waals surface area contributed by atoms with E-state index < -0.39 is 11.2 Å². The molecule has 138 valence electrons. The van der Waals surface area contributed by atoms with Crippen molar-refractivity contribution in [1.82, 2.24) is 19.9 Å². The number of aromatic amines is 1. The Morgan fingerprint density at radius 1 is 1.38 bits per heavy atom. The normalized spacial score (nSPS) is 25.5. The molecule has 7 heteroatoms. The lowest BCUT2D eigenvalue weighted by molar-refractivity contribution is 0.0915. The first-order valence-electron chi connectivity index (χ1n) is 9.41. The SMILES string of the molecule is CCn1c(=O)[nH]c(=O)c2cc(C(=O)NC(C)C3CC4CCC3C4)cnc21. The van der Waals surface area contributed by atoms with Crippen LogP contribution in [0.1, 0.15) is 49.9 Å². The van der Waals surface area contributed by atoms with Gasteiger partial charge in [-0.05, 0) is 56.9 Å². The number of aryl methyl sites for hydroxylation is 1. The predicted octanol–water partition coefficient (Wildman–Crippen LogP) is 1.66. The summed E-state index contributed by atoms with van der Waals surface area (Å²) in [7, 11) is 0. The zero-order valence-electron chi connectivity index (χ0n) is 15.1. The molecule has 2 bridgehead atoms. The highest BCUT2D eigenvalue weighted by atomic mass is 16.2. The number of aromatic nitrogens is 3. The summed E-state index contributed by atoms with van der Waals surface area (Å²) in [5, 5.41) is 3.34. The molecule has 2 heterocycles. The minimum absolute atomic E-state index is 0.108. The minimum Gasteiger partial charge on any atom is -0.349 e. The summed E-state index contributed by atoms with van der Waals surface area (Å²) < 4.78 is 1.39. The van der Waals surface area contributed by atoms with Crippen molar-refractivity contribution < 1.29 is 4.79 Å². The van der Waals surface area contributed by atoms with Gasteiger partial charge in [-0.1, -0.05) is 6.42 Å². The van der Waals surface area contributed by atoms with E-state index in [4.69, 9.17) is 0 Å². The molecule has 26 heavy (non-hydrogen) atoms. The van der Waals surface area contributed by atoms with E-state index in [2.05, 4.69) is 22.2 Å². The van der Waals surface area contributed by atoms with Crippen LogP contribution in [0.15, 0.2) is 21.9 Å². The van der Waals surface area contributed by atoms with Crippen LogP contribution in [-0.4, -0.2) is 26.5 Å². The maximum atomic E-state index is 12.7. The molecule has 0 radical (unpaired) electrons. The average molecular weight is 356 g/mol. The fraction of sp³-hybridized carbons (Fsp3) is 0.579. The van der Waals surface area contributed by atoms with Crippen molar-refractivity contribution in [2.75, 3.05) is 0 Å². The number of carbonyl (C=O) groups excluding carboxylic acids is 1. The highest BCUT2D eigenvalue weighted by molar-refractivity contribution is 5.96. The van der Waals surface area contributed by atoms with Gasteiger partial charge in [0.25, 0.3) is 11.5 Å². The molecule has 2 aromatic rings. The van der Waals surface area contributed by atoms with Crippen LogP contribution in [0.3, 0.4) is 0 Å². The van der Waals surface area contributed by atoms with Gasteiger partial charge in [0.15, 0.2) is 0 Å². The molecule has 2 N–H and O–H groups in total. The molecule has 0 spiro atoms. The smallest absolute Gasteiger partial charge is 0.329 e. The molecule has 4 unspecified atom stereocenters. The van der Waals surface area contributed by atoms with E-state index in [-0.39, 0.29) is 17.3 Å². The monoisotopic (exact) mass is 356 g/mol. The first kappa shape index (κ1) is 17.0. The lowest BCUT2D eigenvalue weighted by Crippen LogP contribution is -2.40. The van der Waals surface area contributed by atoms with E-state index in [0.29, 0.717) is 23.7 Å². The van der Waals surface area contributed by atoms with E-state index in [1.54, 1.807) is 6.92 Å². The zero-order chi connectivity index (χ0) is 18.4. The van der Waals surface area contributed by atoms with Crippen LogP contribution < -0.4 is 16.6 Å². The molecule has 1 amide bonds. The van der Waals surface area contributed by atoms with Crippen LogP contribution >= 0.6 is 0 Å². The highest BCUT2D eigenvalue weighted by Crippen LogP contribution is 2.49. The molecule has 2 saturated carbocycles. The first-order valence-corrected chi connectivity index (χ1v) is 9.41. The number of amides is 1. The van der Waals surface area contributed by atoms with Crippen LogP contribution in [0.5, 0.6) is 0 Å². The van der Waals surface area contributed by atoms with Gasteiger partial charge in [-0.2, -0.15) is 0 Å². The molecule has 7 nitrogen and oxygen atoms in total. The summed E-state index contributed by atoms with van der Waals surface area (Å²) in [6.45, 7) is 4.27. The van der Waals surface area contributed by atoms with Crippen molar-refractivity contribution >= 4 is 16.9 Å². The van der Waals surface area contributed by atoms with Crippen LogP contribution in [-0.2, 0) is 6.54 Å². The molecule has 2 aliphatic carbocycles. The highest BCUT2D eigenvalue weighted by Gasteiger charge is 2.42. The predicted molar refractivity (Wildman–Crippen MR) is 98.2 cm³/mol. The Kier molecular flexibility index (Phi) is 4.17. The number of nitrogens with zero attached hydrogens (tertiary/aromatic N) is 2. The van der Waals surface area contributed by atoms with Crippen molar-refractivity contribution in [3.05, 3.63) is 38.7 Å². The van der Waals surface area contributed by atoms with Crippen LogP contribution in [0.25, 0.3) is 11.0 Å². The van der Waals surface area contributed by atoms with Gasteiger partial charge in [-0.15, -0.1) is 0 Å². The number of pyridine rings is 1. The third-order valence-corrected chi connectivity index (χ3v) is 6.20. The number of carbonyl (C=O) groups is 1. The van der Waals surface area contributed by atoms with Gasteiger partial charge in [0.1, 0.15) is 5.65 Å². The molecule has 4 rings (SSSR count). The lowest BCUT2D eigenvalue weighted by atomic mass is 9.84. The van der Waals surface area contributed by atoms with Crippen molar-refractivity contribution in [2.24, 2.45) is 17.8 Å². The molecule has 2 fully saturated rings. The fourth-order valence-electron chi connectivity index (χ4n) is 4.89. The average Bonchev–Trinajstić information content (AvgIpc) is 3.25. The van der Waals surface area contributed by atoms with E-state index in [9.17, 15) is 14.4 Å². The maximum Gasteiger partial charge on any atom is 0.329 e. The van der Waals surface area contributed by atoms with Gasteiger partial charge in [0.2, 0.25) is 0 Å². The van der Waals surface area contributed by atoms with Gasteiger partial charge in [-0.25, -0.2) is 9.78 Å². The molecule has 0 aromatic carbocycles. The fourth-order valence-corrected chi connectivity index (χ4v) is 4.89. The summed E-state index contributed by atoms with van der Waals surface area (Å²) >= 11 is 0. The third-order valence-electron chi connectivity index (χ3n) is 6.20. The molecule has 2 aromatic heterocycles. The van der Waals surface area contributed by atoms with E-state index in [1.165, 1.54) is 42.5 Å². The largest absolute Gasteiger partial charge is 0.349 e. The van der Waals surface area contributed by atoms with E-state index in [0.717, 1.165) is 11.8 Å². The summed E-state index contributed by atoms with van der Waals surface area (Å²) in [5.41, 5.74) is -0.351. The van der Waals surface area contributed by atoms with Gasteiger partial charge in [0, 0.05) is 18.8 Å². The number of hydrogen-bond acceptors (Lipinski definition) is 4. The lowest BCUT2D eigenvalue weighted by Gasteiger charge is -2.28.